The molecule has 15 heavy (non-hydrogen) atoms. The number of rotatable bonds is 5. The van der Waals surface area contributed by atoms with Crippen molar-refractivity contribution < 1.29 is 4.39 Å². The fraction of sp³-hybridized carbons (Fsp3) is 0.500. The Balaban J connectivity index is 2.53. The Bertz CT molecular complexity index is 314. The molecule has 0 amide bonds. The minimum absolute atomic E-state index is 0.137. The molecule has 0 unspecified atom stereocenters. The van der Waals surface area contributed by atoms with Crippen molar-refractivity contribution in [1.82, 2.24) is 4.90 Å². The maximum absolute atomic E-state index is 13.0. The Labute approximate surface area is 95.8 Å². The lowest BCUT2D eigenvalue weighted by molar-refractivity contribution is 0.328. The molecule has 1 aromatic carbocycles. The van der Waals surface area contributed by atoms with Crippen LogP contribution in [0.5, 0.6) is 0 Å². The molecule has 0 aliphatic carbocycles. The van der Waals surface area contributed by atoms with E-state index < -0.39 is 0 Å². The highest BCUT2D eigenvalue weighted by Crippen LogP contribution is 2.10. The van der Waals surface area contributed by atoms with Gasteiger partial charge in [0, 0.05) is 12.4 Å². The van der Waals surface area contributed by atoms with E-state index in [4.69, 9.17) is 11.6 Å². The van der Waals surface area contributed by atoms with Gasteiger partial charge in [0.05, 0.1) is 0 Å². The zero-order valence-corrected chi connectivity index (χ0v) is 10.0. The molecule has 0 aliphatic rings. The lowest BCUT2D eigenvalue weighted by atomic mass is 10.1. The summed E-state index contributed by atoms with van der Waals surface area (Å²) in [5.41, 5.74) is 1.85. The molecule has 0 atom stereocenters. The predicted octanol–water partition coefficient (Wildman–Crippen LogP) is 3.19. The van der Waals surface area contributed by atoms with E-state index in [0.717, 1.165) is 25.1 Å². The summed E-state index contributed by atoms with van der Waals surface area (Å²) in [5, 5.41) is 0. The van der Waals surface area contributed by atoms with Crippen molar-refractivity contribution in [1.29, 1.82) is 0 Å². The summed E-state index contributed by atoms with van der Waals surface area (Å²) in [6.07, 6.45) is 0.984. The first-order valence-electron chi connectivity index (χ1n) is 5.13. The first kappa shape index (κ1) is 12.5. The molecule has 1 nitrogen and oxygen atoms in total. The van der Waals surface area contributed by atoms with Gasteiger partial charge < -0.3 is 4.90 Å². The third-order valence-corrected chi connectivity index (χ3v) is 2.62. The van der Waals surface area contributed by atoms with E-state index in [1.54, 1.807) is 6.92 Å². The largest absolute Gasteiger partial charge is 0.302 e. The van der Waals surface area contributed by atoms with Crippen LogP contribution >= 0.6 is 11.6 Å². The molecule has 84 valence electrons. The molecular formula is C12H17ClFN. The van der Waals surface area contributed by atoms with Crippen molar-refractivity contribution in [2.45, 2.75) is 19.9 Å². The molecule has 0 N–H and O–H groups in total. The molecule has 1 rings (SSSR count). The van der Waals surface area contributed by atoms with Crippen LogP contribution in [-0.4, -0.2) is 24.4 Å². The van der Waals surface area contributed by atoms with Crippen LogP contribution in [-0.2, 0) is 6.54 Å². The van der Waals surface area contributed by atoms with Crippen LogP contribution in [0.1, 0.15) is 17.5 Å². The van der Waals surface area contributed by atoms with Gasteiger partial charge in [-0.25, -0.2) is 4.39 Å². The topological polar surface area (TPSA) is 3.24 Å². The standard InChI is InChI=1S/C12H17ClFN/c1-10-8-11(4-5-12(10)14)9-15(2)7-3-6-13/h4-5,8H,3,6-7,9H2,1-2H3. The Kier molecular flexibility index (Phi) is 5.06. The minimum Gasteiger partial charge on any atom is -0.302 e. The summed E-state index contributed by atoms with van der Waals surface area (Å²) < 4.78 is 13.0. The van der Waals surface area contributed by atoms with E-state index >= 15 is 0 Å². The van der Waals surface area contributed by atoms with Gasteiger partial charge in [-0.05, 0) is 44.1 Å². The third kappa shape index (κ3) is 4.18. The molecule has 3 heteroatoms. The van der Waals surface area contributed by atoms with Crippen LogP contribution in [0, 0.1) is 12.7 Å². The van der Waals surface area contributed by atoms with Crippen LogP contribution in [0.15, 0.2) is 18.2 Å². The normalized spacial score (nSPS) is 11.0. The third-order valence-electron chi connectivity index (χ3n) is 2.35. The van der Waals surface area contributed by atoms with Gasteiger partial charge in [-0.3, -0.25) is 0 Å². The second-order valence-electron chi connectivity index (χ2n) is 3.86. The van der Waals surface area contributed by atoms with E-state index in [0.29, 0.717) is 11.4 Å². The average Bonchev–Trinajstić information content (AvgIpc) is 2.20. The molecule has 0 aromatic heterocycles. The number of nitrogens with zero attached hydrogens (tertiary/aromatic N) is 1. The average molecular weight is 230 g/mol. The smallest absolute Gasteiger partial charge is 0.126 e. The SMILES string of the molecule is Cc1cc(CN(C)CCCCl)ccc1F. The number of hydrogen-bond donors (Lipinski definition) is 0. The van der Waals surface area contributed by atoms with Crippen molar-refractivity contribution in [2.24, 2.45) is 0 Å². The fourth-order valence-corrected chi connectivity index (χ4v) is 1.65. The number of alkyl halides is 1. The monoisotopic (exact) mass is 229 g/mol. The van der Waals surface area contributed by atoms with Crippen molar-refractivity contribution >= 4 is 11.6 Å². The lowest BCUT2D eigenvalue weighted by Crippen LogP contribution is -2.19. The van der Waals surface area contributed by atoms with E-state index in [2.05, 4.69) is 4.90 Å². The van der Waals surface area contributed by atoms with E-state index in [1.807, 2.05) is 19.2 Å². The van der Waals surface area contributed by atoms with E-state index in [-0.39, 0.29) is 5.82 Å². The second-order valence-corrected chi connectivity index (χ2v) is 4.24. The van der Waals surface area contributed by atoms with Crippen molar-refractivity contribution in [3.63, 3.8) is 0 Å². The molecule has 0 radical (unpaired) electrons. The van der Waals surface area contributed by atoms with Gasteiger partial charge in [0.25, 0.3) is 0 Å². The molecule has 0 saturated carbocycles. The van der Waals surface area contributed by atoms with E-state index in [9.17, 15) is 4.39 Å². The zero-order chi connectivity index (χ0) is 11.3. The summed E-state index contributed by atoms with van der Waals surface area (Å²) in [6.45, 7) is 3.61. The summed E-state index contributed by atoms with van der Waals surface area (Å²) in [4.78, 5) is 2.19. The van der Waals surface area contributed by atoms with Crippen LogP contribution in [0.3, 0.4) is 0 Å². The van der Waals surface area contributed by atoms with Gasteiger partial charge in [0.1, 0.15) is 5.82 Å². The molecular weight excluding hydrogens is 213 g/mol. The Morgan fingerprint density at radius 2 is 2.13 bits per heavy atom. The molecule has 0 bridgehead atoms. The zero-order valence-electron chi connectivity index (χ0n) is 9.26. The second kappa shape index (κ2) is 6.09. The first-order valence-corrected chi connectivity index (χ1v) is 5.66. The van der Waals surface area contributed by atoms with Crippen molar-refractivity contribution in [3.05, 3.63) is 35.1 Å². The maximum atomic E-state index is 13.0. The van der Waals surface area contributed by atoms with Crippen molar-refractivity contribution in [2.75, 3.05) is 19.5 Å². The fourth-order valence-electron chi connectivity index (χ4n) is 1.53. The number of hydrogen-bond acceptors (Lipinski definition) is 1. The van der Waals surface area contributed by atoms with Gasteiger partial charge >= 0.3 is 0 Å². The molecule has 0 saturated heterocycles. The summed E-state index contributed by atoms with van der Waals surface area (Å²) in [5.74, 6) is 0.550. The number of halogens is 2. The Morgan fingerprint density at radius 3 is 2.73 bits per heavy atom. The van der Waals surface area contributed by atoms with Crippen LogP contribution in [0.25, 0.3) is 0 Å². The highest BCUT2D eigenvalue weighted by atomic mass is 35.5. The summed E-state index contributed by atoms with van der Waals surface area (Å²) in [7, 11) is 2.05. The predicted molar refractivity (Wildman–Crippen MR) is 62.8 cm³/mol. The summed E-state index contributed by atoms with van der Waals surface area (Å²) >= 11 is 5.62. The highest BCUT2D eigenvalue weighted by Gasteiger charge is 2.02. The van der Waals surface area contributed by atoms with Gasteiger partial charge in [0.15, 0.2) is 0 Å². The number of aryl methyl sites for hydroxylation is 1. The Morgan fingerprint density at radius 1 is 1.40 bits per heavy atom. The van der Waals surface area contributed by atoms with Crippen LogP contribution in [0.2, 0.25) is 0 Å². The molecule has 0 heterocycles. The highest BCUT2D eigenvalue weighted by molar-refractivity contribution is 6.17. The maximum Gasteiger partial charge on any atom is 0.126 e. The number of benzene rings is 1. The van der Waals surface area contributed by atoms with Gasteiger partial charge in [-0.2, -0.15) is 0 Å². The lowest BCUT2D eigenvalue weighted by Gasteiger charge is -2.16. The van der Waals surface area contributed by atoms with Crippen LogP contribution in [0.4, 0.5) is 4.39 Å². The minimum atomic E-state index is -0.137. The quantitative estimate of drug-likeness (QED) is 0.701. The summed E-state index contributed by atoms with van der Waals surface area (Å²) in [6, 6.07) is 5.26. The van der Waals surface area contributed by atoms with Gasteiger partial charge in [0.2, 0.25) is 0 Å². The molecule has 0 aliphatic heterocycles. The Hall–Kier alpha value is -0.600. The first-order chi connectivity index (χ1) is 7.13. The van der Waals surface area contributed by atoms with E-state index in [1.165, 1.54) is 6.07 Å². The van der Waals surface area contributed by atoms with Gasteiger partial charge in [-0.15, -0.1) is 11.6 Å². The van der Waals surface area contributed by atoms with Crippen LogP contribution < -0.4 is 0 Å². The molecule has 0 fully saturated rings. The van der Waals surface area contributed by atoms with Gasteiger partial charge in [-0.1, -0.05) is 12.1 Å². The van der Waals surface area contributed by atoms with Crippen molar-refractivity contribution in [3.8, 4) is 0 Å². The molecule has 0 spiro atoms. The molecule has 1 aromatic rings.